The highest BCUT2D eigenvalue weighted by Gasteiger charge is 2.10. The largest absolute Gasteiger partial charge is 0.465 e. The Balaban J connectivity index is 2.44. The molecule has 0 saturated heterocycles. The van der Waals surface area contributed by atoms with Crippen molar-refractivity contribution < 1.29 is 9.53 Å². The monoisotopic (exact) mass is 280 g/mol. The van der Waals surface area contributed by atoms with Gasteiger partial charge in [-0.3, -0.25) is 0 Å². The number of carbonyl (C=O) groups is 1. The summed E-state index contributed by atoms with van der Waals surface area (Å²) in [6.07, 6.45) is 0. The number of hydrogen-bond donors (Lipinski definition) is 0. The average Bonchev–Trinajstić information content (AvgIpc) is 2.38. The van der Waals surface area contributed by atoms with Crippen LogP contribution in [0, 0.1) is 0 Å². The van der Waals surface area contributed by atoms with E-state index in [2.05, 4.69) is 4.74 Å². The zero-order valence-corrected chi connectivity index (χ0v) is 11.1. The van der Waals surface area contributed by atoms with Crippen LogP contribution in [-0.2, 0) is 4.74 Å². The Morgan fingerprint density at radius 2 is 1.56 bits per heavy atom. The van der Waals surface area contributed by atoms with Crippen molar-refractivity contribution in [2.45, 2.75) is 0 Å². The molecular weight excluding hydrogens is 271 g/mol. The van der Waals surface area contributed by atoms with Gasteiger partial charge in [0.2, 0.25) is 0 Å². The van der Waals surface area contributed by atoms with Crippen molar-refractivity contribution in [1.29, 1.82) is 0 Å². The molecule has 0 unspecified atom stereocenters. The van der Waals surface area contributed by atoms with E-state index in [4.69, 9.17) is 23.2 Å². The van der Waals surface area contributed by atoms with Crippen molar-refractivity contribution in [2.24, 2.45) is 0 Å². The molecule has 0 aliphatic heterocycles. The fourth-order valence-electron chi connectivity index (χ4n) is 1.66. The normalized spacial score (nSPS) is 10.2. The molecule has 0 heterocycles. The SMILES string of the molecule is COC(=O)c1ccc(-c2c(Cl)cccc2Cl)cc1. The molecule has 0 fully saturated rings. The van der Waals surface area contributed by atoms with Gasteiger partial charge < -0.3 is 4.74 Å². The van der Waals surface area contributed by atoms with Crippen LogP contribution in [-0.4, -0.2) is 13.1 Å². The van der Waals surface area contributed by atoms with Crippen LogP contribution in [0.15, 0.2) is 42.5 Å². The van der Waals surface area contributed by atoms with Gasteiger partial charge in [-0.25, -0.2) is 4.79 Å². The van der Waals surface area contributed by atoms with Crippen LogP contribution in [0.4, 0.5) is 0 Å². The minimum Gasteiger partial charge on any atom is -0.465 e. The number of hydrogen-bond acceptors (Lipinski definition) is 2. The molecule has 2 aromatic rings. The molecular formula is C14H10Cl2O2. The lowest BCUT2D eigenvalue weighted by Gasteiger charge is -2.07. The second kappa shape index (κ2) is 5.42. The van der Waals surface area contributed by atoms with Gasteiger partial charge in [0.1, 0.15) is 0 Å². The Bertz CT molecular complexity index is 557. The first-order chi connectivity index (χ1) is 8.63. The molecule has 0 bridgehead atoms. The summed E-state index contributed by atoms with van der Waals surface area (Å²) in [7, 11) is 1.35. The highest BCUT2D eigenvalue weighted by Crippen LogP contribution is 2.34. The number of carbonyl (C=O) groups excluding carboxylic acids is 1. The molecule has 0 aliphatic rings. The average molecular weight is 281 g/mol. The number of benzene rings is 2. The summed E-state index contributed by atoms with van der Waals surface area (Å²) in [5.74, 6) is -0.369. The smallest absolute Gasteiger partial charge is 0.337 e. The molecule has 0 aliphatic carbocycles. The van der Waals surface area contributed by atoms with Crippen LogP contribution < -0.4 is 0 Å². The first-order valence-corrected chi connectivity index (χ1v) is 6.02. The minimum absolute atomic E-state index is 0.369. The summed E-state index contributed by atoms with van der Waals surface area (Å²) in [4.78, 5) is 11.3. The molecule has 0 spiro atoms. The predicted octanol–water partition coefficient (Wildman–Crippen LogP) is 4.45. The maximum absolute atomic E-state index is 11.3. The van der Waals surface area contributed by atoms with Crippen molar-refractivity contribution in [3.8, 4) is 11.1 Å². The summed E-state index contributed by atoms with van der Waals surface area (Å²) in [5, 5.41) is 1.15. The zero-order chi connectivity index (χ0) is 13.1. The Morgan fingerprint density at radius 3 is 2.06 bits per heavy atom. The number of ether oxygens (including phenoxy) is 1. The minimum atomic E-state index is -0.369. The van der Waals surface area contributed by atoms with Crippen molar-refractivity contribution in [3.05, 3.63) is 58.1 Å². The van der Waals surface area contributed by atoms with E-state index in [-0.39, 0.29) is 5.97 Å². The number of methoxy groups -OCH3 is 1. The van der Waals surface area contributed by atoms with Gasteiger partial charge in [-0.05, 0) is 29.8 Å². The van der Waals surface area contributed by atoms with Crippen LogP contribution in [0.5, 0.6) is 0 Å². The van der Waals surface area contributed by atoms with Gasteiger partial charge in [0.05, 0.1) is 12.7 Å². The van der Waals surface area contributed by atoms with Crippen LogP contribution in [0.25, 0.3) is 11.1 Å². The molecule has 2 rings (SSSR count). The third kappa shape index (κ3) is 2.50. The van der Waals surface area contributed by atoms with Gasteiger partial charge in [-0.2, -0.15) is 0 Å². The molecule has 2 nitrogen and oxygen atoms in total. The maximum atomic E-state index is 11.3. The number of rotatable bonds is 2. The van der Waals surface area contributed by atoms with Crippen molar-refractivity contribution in [1.82, 2.24) is 0 Å². The second-order valence-electron chi connectivity index (χ2n) is 3.67. The molecule has 0 saturated carbocycles. The molecule has 0 N–H and O–H groups in total. The highest BCUT2D eigenvalue weighted by molar-refractivity contribution is 6.39. The highest BCUT2D eigenvalue weighted by atomic mass is 35.5. The lowest BCUT2D eigenvalue weighted by Crippen LogP contribution is -2.00. The fourth-order valence-corrected chi connectivity index (χ4v) is 2.28. The van der Waals surface area contributed by atoms with E-state index in [0.29, 0.717) is 15.6 Å². The van der Waals surface area contributed by atoms with Crippen molar-refractivity contribution in [2.75, 3.05) is 7.11 Å². The maximum Gasteiger partial charge on any atom is 0.337 e. The molecule has 2 aromatic carbocycles. The van der Waals surface area contributed by atoms with E-state index in [0.717, 1.165) is 11.1 Å². The van der Waals surface area contributed by atoms with E-state index in [1.807, 2.05) is 0 Å². The Hall–Kier alpha value is -1.51. The lowest BCUT2D eigenvalue weighted by molar-refractivity contribution is 0.0601. The van der Waals surface area contributed by atoms with Gasteiger partial charge in [-0.1, -0.05) is 41.4 Å². The van der Waals surface area contributed by atoms with Gasteiger partial charge in [0, 0.05) is 15.6 Å². The van der Waals surface area contributed by atoms with Crippen molar-refractivity contribution >= 4 is 29.2 Å². The summed E-state index contributed by atoms with van der Waals surface area (Å²) in [5.41, 5.74) is 2.11. The van der Waals surface area contributed by atoms with Gasteiger partial charge in [0.15, 0.2) is 0 Å². The molecule has 0 radical (unpaired) electrons. The predicted molar refractivity (Wildman–Crippen MR) is 73.2 cm³/mol. The van der Waals surface area contributed by atoms with E-state index in [9.17, 15) is 4.79 Å². The molecule has 0 amide bonds. The van der Waals surface area contributed by atoms with Crippen LogP contribution >= 0.6 is 23.2 Å². The molecule has 18 heavy (non-hydrogen) atoms. The van der Waals surface area contributed by atoms with E-state index in [1.54, 1.807) is 42.5 Å². The molecule has 0 aromatic heterocycles. The molecule has 4 heteroatoms. The third-order valence-corrected chi connectivity index (χ3v) is 3.19. The third-order valence-electron chi connectivity index (χ3n) is 2.56. The Morgan fingerprint density at radius 1 is 1.00 bits per heavy atom. The Labute approximate surface area is 115 Å². The van der Waals surface area contributed by atoms with E-state index in [1.165, 1.54) is 7.11 Å². The van der Waals surface area contributed by atoms with Gasteiger partial charge >= 0.3 is 5.97 Å². The molecule has 0 atom stereocenters. The van der Waals surface area contributed by atoms with Gasteiger partial charge in [0.25, 0.3) is 0 Å². The van der Waals surface area contributed by atoms with E-state index >= 15 is 0 Å². The van der Waals surface area contributed by atoms with Crippen molar-refractivity contribution in [3.63, 3.8) is 0 Å². The molecule has 92 valence electrons. The number of halogens is 2. The fraction of sp³-hybridized carbons (Fsp3) is 0.0714. The summed E-state index contributed by atoms with van der Waals surface area (Å²) < 4.78 is 4.64. The lowest BCUT2D eigenvalue weighted by atomic mass is 10.0. The standard InChI is InChI=1S/C14H10Cl2O2/c1-18-14(17)10-7-5-9(6-8-10)13-11(15)3-2-4-12(13)16/h2-8H,1H3. The van der Waals surface area contributed by atoms with Crippen LogP contribution in [0.3, 0.4) is 0 Å². The quantitative estimate of drug-likeness (QED) is 0.760. The number of esters is 1. The second-order valence-corrected chi connectivity index (χ2v) is 4.48. The topological polar surface area (TPSA) is 26.3 Å². The first kappa shape index (κ1) is 12.9. The first-order valence-electron chi connectivity index (χ1n) is 5.26. The van der Waals surface area contributed by atoms with Crippen LogP contribution in [0.2, 0.25) is 10.0 Å². The zero-order valence-electron chi connectivity index (χ0n) is 9.61. The summed E-state index contributed by atoms with van der Waals surface area (Å²) in [6.45, 7) is 0. The summed E-state index contributed by atoms with van der Waals surface area (Å²) in [6, 6.07) is 12.3. The Kier molecular flexibility index (Phi) is 3.90. The van der Waals surface area contributed by atoms with E-state index < -0.39 is 0 Å². The van der Waals surface area contributed by atoms with Gasteiger partial charge in [-0.15, -0.1) is 0 Å². The summed E-state index contributed by atoms with van der Waals surface area (Å²) >= 11 is 12.2. The van der Waals surface area contributed by atoms with Crippen LogP contribution in [0.1, 0.15) is 10.4 Å².